The van der Waals surface area contributed by atoms with E-state index < -0.39 is 5.97 Å². The highest BCUT2D eigenvalue weighted by atomic mass is 16.9. The van der Waals surface area contributed by atoms with Gasteiger partial charge in [-0.2, -0.15) is 0 Å². The van der Waals surface area contributed by atoms with Crippen molar-refractivity contribution in [2.75, 3.05) is 19.8 Å². The molecule has 0 saturated carbocycles. The fourth-order valence-corrected chi connectivity index (χ4v) is 1.37. The van der Waals surface area contributed by atoms with Gasteiger partial charge in [-0.25, -0.2) is 0 Å². The van der Waals surface area contributed by atoms with E-state index in [2.05, 4.69) is 0 Å². The molecule has 2 fully saturated rings. The summed E-state index contributed by atoms with van der Waals surface area (Å²) in [5.74, 6) is -0.627. The number of hydrogen-bond donors (Lipinski definition) is 0. The maximum Gasteiger partial charge on any atom is 0.282 e. The average molecular weight is 144 g/mol. The number of rotatable bonds is 0. The van der Waals surface area contributed by atoms with Crippen molar-refractivity contribution in [1.82, 2.24) is 0 Å². The lowest BCUT2D eigenvalue weighted by atomic mass is 10.3. The molecule has 3 nitrogen and oxygen atoms in total. The minimum atomic E-state index is -0.627. The van der Waals surface area contributed by atoms with Crippen molar-refractivity contribution < 1.29 is 14.2 Å². The first-order chi connectivity index (χ1) is 4.91. The van der Waals surface area contributed by atoms with E-state index in [0.717, 1.165) is 39.1 Å². The van der Waals surface area contributed by atoms with Crippen LogP contribution in [0.1, 0.15) is 19.3 Å². The van der Waals surface area contributed by atoms with E-state index in [1.54, 1.807) is 0 Å². The van der Waals surface area contributed by atoms with Crippen LogP contribution < -0.4 is 0 Å². The van der Waals surface area contributed by atoms with E-state index in [0.29, 0.717) is 0 Å². The molecule has 2 rings (SSSR count). The molecular weight excluding hydrogens is 132 g/mol. The Morgan fingerprint density at radius 1 is 0.800 bits per heavy atom. The van der Waals surface area contributed by atoms with Crippen LogP contribution in [0, 0.1) is 0 Å². The standard InChI is InChI=1S/C7H12O3/c1-3-7(8-4-1)9-5-2-6-10-7/h1-6H2. The summed E-state index contributed by atoms with van der Waals surface area (Å²) in [7, 11) is 0. The van der Waals surface area contributed by atoms with Gasteiger partial charge >= 0.3 is 0 Å². The fourth-order valence-electron chi connectivity index (χ4n) is 1.37. The minimum absolute atomic E-state index is 0.627. The molecule has 0 radical (unpaired) electrons. The van der Waals surface area contributed by atoms with E-state index in [1.165, 1.54) is 0 Å². The van der Waals surface area contributed by atoms with Gasteiger partial charge in [-0.3, -0.25) is 0 Å². The molecule has 0 aromatic heterocycles. The molecule has 58 valence electrons. The third-order valence-corrected chi connectivity index (χ3v) is 1.88. The zero-order valence-corrected chi connectivity index (χ0v) is 5.97. The lowest BCUT2D eigenvalue weighted by molar-refractivity contribution is -0.380. The van der Waals surface area contributed by atoms with Gasteiger partial charge in [0.25, 0.3) is 5.97 Å². The van der Waals surface area contributed by atoms with Gasteiger partial charge < -0.3 is 14.2 Å². The third kappa shape index (κ3) is 1.05. The molecule has 0 aliphatic carbocycles. The summed E-state index contributed by atoms with van der Waals surface area (Å²) < 4.78 is 16.1. The van der Waals surface area contributed by atoms with Gasteiger partial charge in [-0.1, -0.05) is 0 Å². The van der Waals surface area contributed by atoms with Gasteiger partial charge in [-0.05, 0) is 12.8 Å². The highest BCUT2D eigenvalue weighted by Crippen LogP contribution is 2.30. The molecule has 0 atom stereocenters. The topological polar surface area (TPSA) is 27.7 Å². The van der Waals surface area contributed by atoms with Crippen LogP contribution in [0.5, 0.6) is 0 Å². The normalized spacial score (nSPS) is 31.2. The molecule has 0 N–H and O–H groups in total. The van der Waals surface area contributed by atoms with Gasteiger partial charge in [0.15, 0.2) is 0 Å². The smallest absolute Gasteiger partial charge is 0.282 e. The summed E-state index contributed by atoms with van der Waals surface area (Å²) >= 11 is 0. The van der Waals surface area contributed by atoms with E-state index in [9.17, 15) is 0 Å². The van der Waals surface area contributed by atoms with Crippen LogP contribution in [-0.2, 0) is 14.2 Å². The second kappa shape index (κ2) is 2.49. The molecule has 0 bridgehead atoms. The Kier molecular flexibility index (Phi) is 1.64. The zero-order valence-electron chi connectivity index (χ0n) is 5.97. The van der Waals surface area contributed by atoms with Gasteiger partial charge in [0.1, 0.15) is 0 Å². The molecule has 0 aromatic carbocycles. The molecule has 1 spiro atoms. The largest absolute Gasteiger partial charge is 0.327 e. The number of hydrogen-bond acceptors (Lipinski definition) is 3. The predicted molar refractivity (Wildman–Crippen MR) is 34.4 cm³/mol. The highest BCUT2D eigenvalue weighted by Gasteiger charge is 2.39. The van der Waals surface area contributed by atoms with Gasteiger partial charge in [0, 0.05) is 6.42 Å². The average Bonchev–Trinajstić information content (AvgIpc) is 2.39. The Morgan fingerprint density at radius 2 is 1.40 bits per heavy atom. The first-order valence-corrected chi connectivity index (χ1v) is 3.83. The van der Waals surface area contributed by atoms with Gasteiger partial charge in [0.05, 0.1) is 19.8 Å². The second-order valence-electron chi connectivity index (χ2n) is 2.69. The molecule has 2 saturated heterocycles. The van der Waals surface area contributed by atoms with Gasteiger partial charge in [0.2, 0.25) is 0 Å². The van der Waals surface area contributed by atoms with Crippen LogP contribution in [0.4, 0.5) is 0 Å². The Balaban J connectivity index is 1.98. The van der Waals surface area contributed by atoms with Crippen molar-refractivity contribution in [2.24, 2.45) is 0 Å². The van der Waals surface area contributed by atoms with Crippen molar-refractivity contribution in [3.05, 3.63) is 0 Å². The zero-order chi connectivity index (χ0) is 6.86. The van der Waals surface area contributed by atoms with Crippen LogP contribution >= 0.6 is 0 Å². The Bertz CT molecular complexity index is 110. The first kappa shape index (κ1) is 6.58. The van der Waals surface area contributed by atoms with Crippen LogP contribution in [-0.4, -0.2) is 25.8 Å². The Labute approximate surface area is 60.3 Å². The SMILES string of the molecule is C1COC2(CCCO2)OC1. The summed E-state index contributed by atoms with van der Waals surface area (Å²) in [5, 5.41) is 0. The third-order valence-electron chi connectivity index (χ3n) is 1.88. The Hall–Kier alpha value is -0.120. The molecule has 0 aromatic rings. The Morgan fingerprint density at radius 3 is 2.00 bits per heavy atom. The minimum Gasteiger partial charge on any atom is -0.327 e. The van der Waals surface area contributed by atoms with Crippen molar-refractivity contribution in [3.8, 4) is 0 Å². The summed E-state index contributed by atoms with van der Waals surface area (Å²) in [4.78, 5) is 0. The van der Waals surface area contributed by atoms with Crippen LogP contribution in [0.25, 0.3) is 0 Å². The quantitative estimate of drug-likeness (QED) is 0.505. The van der Waals surface area contributed by atoms with E-state index in [-0.39, 0.29) is 0 Å². The molecule has 2 aliphatic rings. The molecular formula is C7H12O3. The van der Waals surface area contributed by atoms with Crippen molar-refractivity contribution in [2.45, 2.75) is 25.2 Å². The molecule has 0 unspecified atom stereocenters. The maximum absolute atomic E-state index is 5.38. The number of ether oxygens (including phenoxy) is 3. The molecule has 3 heteroatoms. The monoisotopic (exact) mass is 144 g/mol. The van der Waals surface area contributed by atoms with Crippen LogP contribution in [0.2, 0.25) is 0 Å². The lowest BCUT2D eigenvalue weighted by Gasteiger charge is -2.31. The predicted octanol–water partition coefficient (Wildman–Crippen LogP) is 0.888. The van der Waals surface area contributed by atoms with Crippen molar-refractivity contribution in [3.63, 3.8) is 0 Å². The first-order valence-electron chi connectivity index (χ1n) is 3.83. The molecule has 2 heterocycles. The van der Waals surface area contributed by atoms with Gasteiger partial charge in [-0.15, -0.1) is 0 Å². The van der Waals surface area contributed by atoms with Crippen LogP contribution in [0.3, 0.4) is 0 Å². The molecule has 2 aliphatic heterocycles. The fraction of sp³-hybridized carbons (Fsp3) is 1.00. The van der Waals surface area contributed by atoms with Crippen molar-refractivity contribution in [1.29, 1.82) is 0 Å². The van der Waals surface area contributed by atoms with E-state index >= 15 is 0 Å². The summed E-state index contributed by atoms with van der Waals surface area (Å²) in [6.45, 7) is 2.33. The van der Waals surface area contributed by atoms with Crippen molar-refractivity contribution >= 4 is 0 Å². The van der Waals surface area contributed by atoms with E-state index in [1.807, 2.05) is 0 Å². The lowest BCUT2D eigenvalue weighted by Crippen LogP contribution is -2.39. The summed E-state index contributed by atoms with van der Waals surface area (Å²) in [6.07, 6.45) is 2.94. The summed E-state index contributed by atoms with van der Waals surface area (Å²) in [5.41, 5.74) is 0. The second-order valence-corrected chi connectivity index (χ2v) is 2.69. The summed E-state index contributed by atoms with van der Waals surface area (Å²) in [6, 6.07) is 0. The highest BCUT2D eigenvalue weighted by molar-refractivity contribution is 4.67. The molecule has 0 amide bonds. The maximum atomic E-state index is 5.38. The van der Waals surface area contributed by atoms with E-state index in [4.69, 9.17) is 14.2 Å². The van der Waals surface area contributed by atoms with Crippen LogP contribution in [0.15, 0.2) is 0 Å². The molecule has 10 heavy (non-hydrogen) atoms.